The number of aromatic nitrogens is 5. The molecule has 1 aliphatic heterocycles. The summed E-state index contributed by atoms with van der Waals surface area (Å²) in [5.41, 5.74) is 0.967. The highest BCUT2D eigenvalue weighted by molar-refractivity contribution is 7.09. The van der Waals surface area contributed by atoms with Gasteiger partial charge in [-0.2, -0.15) is 4.68 Å². The third-order valence-corrected chi connectivity index (χ3v) is 5.11. The monoisotopic (exact) mass is 342 g/mol. The number of hydrogen-bond acceptors (Lipinski definition) is 7. The number of thiazole rings is 1. The Bertz CT molecular complexity index is 775. The zero-order chi connectivity index (χ0) is 16.4. The van der Waals surface area contributed by atoms with Crippen molar-refractivity contribution < 1.29 is 4.74 Å². The first-order valence-corrected chi connectivity index (χ1v) is 8.79. The molecule has 0 spiro atoms. The zero-order valence-corrected chi connectivity index (χ0v) is 14.1. The number of benzene rings is 1. The van der Waals surface area contributed by atoms with E-state index >= 15 is 0 Å². The van der Waals surface area contributed by atoms with Crippen LogP contribution >= 0.6 is 11.3 Å². The Morgan fingerprint density at radius 2 is 2.17 bits per heavy atom. The predicted molar refractivity (Wildman–Crippen MR) is 89.9 cm³/mol. The van der Waals surface area contributed by atoms with Crippen LogP contribution in [0.3, 0.4) is 0 Å². The molecule has 0 saturated carbocycles. The van der Waals surface area contributed by atoms with Crippen LogP contribution in [0.15, 0.2) is 41.9 Å². The van der Waals surface area contributed by atoms with E-state index in [1.807, 2.05) is 41.9 Å². The van der Waals surface area contributed by atoms with Crippen LogP contribution in [-0.4, -0.2) is 49.8 Å². The smallest absolute Gasteiger partial charge is 0.173 e. The second-order valence-electron chi connectivity index (χ2n) is 5.69. The van der Waals surface area contributed by atoms with Gasteiger partial charge in [-0.3, -0.25) is 4.90 Å². The van der Waals surface area contributed by atoms with E-state index in [2.05, 4.69) is 32.3 Å². The molecule has 3 aromatic rings. The molecule has 8 heteroatoms. The minimum absolute atomic E-state index is 0.0160. The second kappa shape index (κ2) is 6.76. The molecule has 2 unspecified atom stereocenters. The van der Waals surface area contributed by atoms with Gasteiger partial charge in [0.25, 0.3) is 0 Å². The van der Waals surface area contributed by atoms with Gasteiger partial charge < -0.3 is 4.74 Å². The van der Waals surface area contributed by atoms with E-state index in [0.29, 0.717) is 6.61 Å². The standard InChI is InChI=1S/C16H18N6OS/c1-12(15-18-19-20-22(15)13-5-3-2-4-6-13)21-8-9-23-14(11-21)16-17-7-10-24-16/h2-7,10,12,14H,8-9,11H2,1H3. The lowest BCUT2D eigenvalue weighted by molar-refractivity contribution is -0.0445. The molecule has 0 aliphatic carbocycles. The maximum atomic E-state index is 5.88. The molecule has 0 N–H and O–H groups in total. The maximum absolute atomic E-state index is 5.88. The molecular formula is C16H18N6OS. The first kappa shape index (κ1) is 15.4. The minimum atomic E-state index is 0.0160. The molecule has 0 radical (unpaired) electrons. The molecule has 1 saturated heterocycles. The van der Waals surface area contributed by atoms with Crippen molar-refractivity contribution in [2.24, 2.45) is 0 Å². The van der Waals surface area contributed by atoms with Crippen molar-refractivity contribution in [2.45, 2.75) is 19.1 Å². The number of tetrazole rings is 1. The van der Waals surface area contributed by atoms with Gasteiger partial charge in [0, 0.05) is 24.7 Å². The van der Waals surface area contributed by atoms with Gasteiger partial charge in [-0.05, 0) is 29.5 Å². The molecule has 4 rings (SSSR count). The fourth-order valence-electron chi connectivity index (χ4n) is 2.93. The van der Waals surface area contributed by atoms with Crippen molar-refractivity contribution in [2.75, 3.05) is 19.7 Å². The van der Waals surface area contributed by atoms with E-state index < -0.39 is 0 Å². The van der Waals surface area contributed by atoms with Crippen LogP contribution in [0.5, 0.6) is 0 Å². The molecule has 124 valence electrons. The van der Waals surface area contributed by atoms with Crippen LogP contribution in [0.4, 0.5) is 0 Å². The van der Waals surface area contributed by atoms with Crippen molar-refractivity contribution in [1.29, 1.82) is 0 Å². The van der Waals surface area contributed by atoms with Crippen LogP contribution < -0.4 is 0 Å². The van der Waals surface area contributed by atoms with Gasteiger partial charge in [0.05, 0.1) is 18.3 Å². The number of para-hydroxylation sites is 1. The van der Waals surface area contributed by atoms with E-state index in [9.17, 15) is 0 Å². The normalized spacial score (nSPS) is 20.1. The van der Waals surface area contributed by atoms with Gasteiger partial charge >= 0.3 is 0 Å². The molecule has 2 aromatic heterocycles. The Balaban J connectivity index is 1.56. The molecule has 7 nitrogen and oxygen atoms in total. The number of nitrogens with zero attached hydrogens (tertiary/aromatic N) is 6. The molecule has 0 amide bonds. The molecular weight excluding hydrogens is 324 g/mol. The first-order chi connectivity index (χ1) is 11.8. The lowest BCUT2D eigenvalue weighted by Gasteiger charge is -2.35. The summed E-state index contributed by atoms with van der Waals surface area (Å²) in [4.78, 5) is 6.73. The van der Waals surface area contributed by atoms with Crippen LogP contribution in [0, 0.1) is 0 Å². The second-order valence-corrected chi connectivity index (χ2v) is 6.61. The van der Waals surface area contributed by atoms with Crippen LogP contribution in [0.2, 0.25) is 0 Å². The third kappa shape index (κ3) is 2.95. The van der Waals surface area contributed by atoms with Gasteiger partial charge in [-0.1, -0.05) is 18.2 Å². The third-order valence-electron chi connectivity index (χ3n) is 4.24. The predicted octanol–water partition coefficient (Wildman–Crippen LogP) is 2.25. The SMILES string of the molecule is CC(c1nnnn1-c1ccccc1)N1CCOC(c2nccs2)C1. The largest absolute Gasteiger partial charge is 0.368 e. The van der Waals surface area contributed by atoms with Gasteiger partial charge in [0.2, 0.25) is 0 Å². The lowest BCUT2D eigenvalue weighted by Crippen LogP contribution is -2.40. The van der Waals surface area contributed by atoms with Crippen LogP contribution in [-0.2, 0) is 4.74 Å². The van der Waals surface area contributed by atoms with Crippen molar-refractivity contribution in [3.63, 3.8) is 0 Å². The molecule has 1 fully saturated rings. The Hall–Kier alpha value is -2.16. The average molecular weight is 342 g/mol. The highest BCUT2D eigenvalue weighted by Gasteiger charge is 2.30. The van der Waals surface area contributed by atoms with Crippen molar-refractivity contribution in [3.8, 4) is 5.69 Å². The van der Waals surface area contributed by atoms with Gasteiger partial charge in [-0.25, -0.2) is 4.98 Å². The van der Waals surface area contributed by atoms with E-state index in [1.165, 1.54) is 0 Å². The van der Waals surface area contributed by atoms with Gasteiger partial charge in [0.15, 0.2) is 5.82 Å². The summed E-state index contributed by atoms with van der Waals surface area (Å²) < 4.78 is 7.69. The van der Waals surface area contributed by atoms with Gasteiger partial charge in [-0.15, -0.1) is 16.4 Å². The van der Waals surface area contributed by atoms with E-state index in [4.69, 9.17) is 4.74 Å². The number of rotatable bonds is 4. The van der Waals surface area contributed by atoms with Gasteiger partial charge in [0.1, 0.15) is 11.1 Å². The number of ether oxygens (including phenoxy) is 1. The summed E-state index contributed by atoms with van der Waals surface area (Å²) in [6, 6.07) is 10.1. The summed E-state index contributed by atoms with van der Waals surface area (Å²) in [6.07, 6.45) is 1.84. The van der Waals surface area contributed by atoms with Crippen molar-refractivity contribution in [1.82, 2.24) is 30.1 Å². The molecule has 0 bridgehead atoms. The Labute approximate surface area is 143 Å². The summed E-state index contributed by atoms with van der Waals surface area (Å²) in [5, 5.41) is 15.3. The summed E-state index contributed by atoms with van der Waals surface area (Å²) in [7, 11) is 0. The van der Waals surface area contributed by atoms with Crippen molar-refractivity contribution in [3.05, 3.63) is 52.7 Å². The highest BCUT2D eigenvalue weighted by atomic mass is 32.1. The maximum Gasteiger partial charge on any atom is 0.173 e. The Morgan fingerprint density at radius 1 is 1.29 bits per heavy atom. The van der Waals surface area contributed by atoms with E-state index in [1.54, 1.807) is 16.0 Å². The zero-order valence-electron chi connectivity index (χ0n) is 13.3. The topological polar surface area (TPSA) is 69.0 Å². The summed E-state index contributed by atoms with van der Waals surface area (Å²) in [6.45, 7) is 4.46. The average Bonchev–Trinajstić information content (AvgIpc) is 3.34. The molecule has 2 atom stereocenters. The number of morpholine rings is 1. The fraction of sp³-hybridized carbons (Fsp3) is 0.375. The molecule has 24 heavy (non-hydrogen) atoms. The first-order valence-electron chi connectivity index (χ1n) is 7.91. The Morgan fingerprint density at radius 3 is 2.96 bits per heavy atom. The quantitative estimate of drug-likeness (QED) is 0.724. The fourth-order valence-corrected chi connectivity index (χ4v) is 3.61. The summed E-state index contributed by atoms with van der Waals surface area (Å²) >= 11 is 1.63. The minimum Gasteiger partial charge on any atom is -0.368 e. The van der Waals surface area contributed by atoms with E-state index in [-0.39, 0.29) is 12.1 Å². The molecule has 1 aliphatic rings. The summed E-state index contributed by atoms with van der Waals surface area (Å²) in [5.74, 6) is 0.834. The lowest BCUT2D eigenvalue weighted by atomic mass is 10.2. The van der Waals surface area contributed by atoms with Crippen LogP contribution in [0.25, 0.3) is 5.69 Å². The highest BCUT2D eigenvalue weighted by Crippen LogP contribution is 2.29. The molecule has 3 heterocycles. The molecule has 1 aromatic carbocycles. The van der Waals surface area contributed by atoms with Crippen LogP contribution in [0.1, 0.15) is 29.9 Å². The van der Waals surface area contributed by atoms with E-state index in [0.717, 1.165) is 29.6 Å². The Kier molecular flexibility index (Phi) is 4.33. The van der Waals surface area contributed by atoms with Crippen molar-refractivity contribution >= 4 is 11.3 Å². The number of hydrogen-bond donors (Lipinski definition) is 0.